The third-order valence-electron chi connectivity index (χ3n) is 3.19. The summed E-state index contributed by atoms with van der Waals surface area (Å²) in [7, 11) is 1.77. The largest absolute Gasteiger partial charge is 0.390 e. The fourth-order valence-corrected chi connectivity index (χ4v) is 2.35. The van der Waals surface area contributed by atoms with Crippen LogP contribution in [0.1, 0.15) is 25.3 Å². The van der Waals surface area contributed by atoms with Crippen LogP contribution in [0.2, 0.25) is 10.0 Å². The van der Waals surface area contributed by atoms with Crippen molar-refractivity contribution in [3.8, 4) is 0 Å². The van der Waals surface area contributed by atoms with Crippen molar-refractivity contribution >= 4 is 34.8 Å². The van der Waals surface area contributed by atoms with Gasteiger partial charge in [0.05, 0.1) is 22.3 Å². The fourth-order valence-electron chi connectivity index (χ4n) is 2.05. The molecule has 0 radical (unpaired) electrons. The molecule has 2 rings (SSSR count). The number of carbonyl (C=O) groups is 1. The van der Waals surface area contributed by atoms with E-state index in [-0.39, 0.29) is 12.0 Å². The zero-order valence-electron chi connectivity index (χ0n) is 11.4. The topological polar surface area (TPSA) is 41.9 Å². The predicted molar refractivity (Wildman–Crippen MR) is 80.4 cm³/mol. The van der Waals surface area contributed by atoms with E-state index in [9.17, 15) is 4.79 Å². The molecule has 108 valence electrons. The second kappa shape index (κ2) is 6.46. The van der Waals surface area contributed by atoms with Gasteiger partial charge in [-0.05, 0) is 12.1 Å². The molecule has 0 aromatic heterocycles. The summed E-state index contributed by atoms with van der Waals surface area (Å²) in [4.78, 5) is 18.6. The lowest BCUT2D eigenvalue weighted by atomic mass is 10.0. The number of hydrogen-bond acceptors (Lipinski definition) is 3. The maximum atomic E-state index is 11.5. The molecule has 0 aliphatic carbocycles. The van der Waals surface area contributed by atoms with Gasteiger partial charge in [-0.3, -0.25) is 4.79 Å². The molecule has 1 aliphatic heterocycles. The van der Waals surface area contributed by atoms with E-state index in [1.54, 1.807) is 24.1 Å². The van der Waals surface area contributed by atoms with E-state index in [4.69, 9.17) is 28.0 Å². The number of carbonyl (C=O) groups excluding carboxylic acids is 1. The van der Waals surface area contributed by atoms with Crippen LogP contribution in [-0.4, -0.2) is 36.2 Å². The summed E-state index contributed by atoms with van der Waals surface area (Å²) in [5.41, 5.74) is 1.72. The van der Waals surface area contributed by atoms with Crippen LogP contribution in [0.5, 0.6) is 0 Å². The number of amides is 1. The monoisotopic (exact) mass is 314 g/mol. The van der Waals surface area contributed by atoms with E-state index in [1.165, 1.54) is 0 Å². The molecule has 0 spiro atoms. The highest BCUT2D eigenvalue weighted by atomic mass is 35.5. The molecule has 1 aromatic carbocycles. The molecule has 6 heteroatoms. The van der Waals surface area contributed by atoms with Crippen LogP contribution < -0.4 is 0 Å². The fraction of sp³-hybridized carbons (Fsp3) is 0.429. The number of nitrogens with zero attached hydrogens (tertiary/aromatic N) is 2. The van der Waals surface area contributed by atoms with E-state index < -0.39 is 0 Å². The van der Waals surface area contributed by atoms with Gasteiger partial charge in [-0.25, -0.2) is 0 Å². The molecule has 0 bridgehead atoms. The predicted octanol–water partition coefficient (Wildman–Crippen LogP) is 3.35. The van der Waals surface area contributed by atoms with Crippen molar-refractivity contribution < 1.29 is 9.63 Å². The van der Waals surface area contributed by atoms with Crippen LogP contribution in [0.25, 0.3) is 0 Å². The van der Waals surface area contributed by atoms with Crippen LogP contribution in [0.15, 0.2) is 23.4 Å². The normalized spacial score (nSPS) is 17.6. The van der Waals surface area contributed by atoms with Gasteiger partial charge in [0.1, 0.15) is 0 Å². The van der Waals surface area contributed by atoms with Crippen molar-refractivity contribution in [3.05, 3.63) is 33.8 Å². The third kappa shape index (κ3) is 3.44. The van der Waals surface area contributed by atoms with Crippen LogP contribution in [0.3, 0.4) is 0 Å². The Morgan fingerprint density at radius 2 is 2.20 bits per heavy atom. The van der Waals surface area contributed by atoms with Gasteiger partial charge in [0, 0.05) is 25.5 Å². The molecule has 1 aromatic rings. The van der Waals surface area contributed by atoms with E-state index in [1.807, 2.05) is 13.0 Å². The maximum Gasteiger partial charge on any atom is 0.222 e. The summed E-state index contributed by atoms with van der Waals surface area (Å²) in [6.45, 7) is 2.37. The summed E-state index contributed by atoms with van der Waals surface area (Å²) in [5, 5.41) is 5.08. The van der Waals surface area contributed by atoms with Gasteiger partial charge in [-0.15, -0.1) is 0 Å². The van der Waals surface area contributed by atoms with Gasteiger partial charge < -0.3 is 9.74 Å². The molecule has 0 saturated carbocycles. The van der Waals surface area contributed by atoms with Crippen molar-refractivity contribution in [1.29, 1.82) is 0 Å². The Morgan fingerprint density at radius 3 is 2.85 bits per heavy atom. The molecule has 1 aliphatic rings. The Labute approximate surface area is 128 Å². The Bertz CT molecular complexity index is 546. The smallest absolute Gasteiger partial charge is 0.222 e. The third-order valence-corrected chi connectivity index (χ3v) is 3.93. The molecule has 1 unspecified atom stereocenters. The van der Waals surface area contributed by atoms with Crippen molar-refractivity contribution in [1.82, 2.24) is 4.90 Å². The van der Waals surface area contributed by atoms with Crippen molar-refractivity contribution in [2.45, 2.75) is 25.9 Å². The summed E-state index contributed by atoms with van der Waals surface area (Å²) < 4.78 is 0. The van der Waals surface area contributed by atoms with Crippen LogP contribution in [0, 0.1) is 0 Å². The highest BCUT2D eigenvalue weighted by Crippen LogP contribution is 2.25. The summed E-state index contributed by atoms with van der Waals surface area (Å²) in [6.07, 6.45) is 1.03. The second-order valence-corrected chi connectivity index (χ2v) is 5.54. The van der Waals surface area contributed by atoms with E-state index in [0.717, 1.165) is 11.3 Å². The van der Waals surface area contributed by atoms with E-state index in [2.05, 4.69) is 5.16 Å². The molecule has 0 N–H and O–H groups in total. The van der Waals surface area contributed by atoms with Crippen molar-refractivity contribution in [2.24, 2.45) is 5.16 Å². The Morgan fingerprint density at radius 1 is 1.45 bits per heavy atom. The first-order valence-corrected chi connectivity index (χ1v) is 7.19. The molecule has 4 nitrogen and oxygen atoms in total. The number of oxime groups is 1. The zero-order chi connectivity index (χ0) is 14.7. The molecule has 1 heterocycles. The Hall–Kier alpha value is -1.26. The van der Waals surface area contributed by atoms with E-state index >= 15 is 0 Å². The van der Waals surface area contributed by atoms with Gasteiger partial charge in [0.2, 0.25) is 5.91 Å². The van der Waals surface area contributed by atoms with Crippen LogP contribution >= 0.6 is 23.2 Å². The SMILES string of the molecule is CCC(=O)N(C)CC1CC(c2ccc(Cl)c(Cl)c2)=NO1. The summed E-state index contributed by atoms with van der Waals surface area (Å²) in [5.74, 6) is 0.0941. The quantitative estimate of drug-likeness (QED) is 0.855. The lowest BCUT2D eigenvalue weighted by Crippen LogP contribution is -2.34. The molecular formula is C14H16Cl2N2O2. The zero-order valence-corrected chi connectivity index (χ0v) is 12.9. The minimum absolute atomic E-state index is 0.0941. The highest BCUT2D eigenvalue weighted by Gasteiger charge is 2.25. The van der Waals surface area contributed by atoms with E-state index in [0.29, 0.717) is 29.4 Å². The average molecular weight is 315 g/mol. The molecule has 20 heavy (non-hydrogen) atoms. The van der Waals surface area contributed by atoms with Gasteiger partial charge >= 0.3 is 0 Å². The lowest BCUT2D eigenvalue weighted by molar-refractivity contribution is -0.131. The summed E-state index contributed by atoms with van der Waals surface area (Å²) >= 11 is 11.9. The summed E-state index contributed by atoms with van der Waals surface area (Å²) in [6, 6.07) is 5.37. The number of rotatable bonds is 4. The van der Waals surface area contributed by atoms with Crippen molar-refractivity contribution in [3.63, 3.8) is 0 Å². The van der Waals surface area contributed by atoms with Gasteiger partial charge in [-0.2, -0.15) is 0 Å². The molecule has 1 atom stereocenters. The van der Waals surface area contributed by atoms with Gasteiger partial charge in [0.15, 0.2) is 6.10 Å². The molecule has 1 amide bonds. The number of halogens is 2. The minimum Gasteiger partial charge on any atom is -0.390 e. The van der Waals surface area contributed by atoms with Crippen molar-refractivity contribution in [2.75, 3.05) is 13.6 Å². The molecule has 0 saturated heterocycles. The number of likely N-dealkylation sites (N-methyl/N-ethyl adjacent to an activating group) is 1. The lowest BCUT2D eigenvalue weighted by Gasteiger charge is -2.19. The van der Waals surface area contributed by atoms with Crippen LogP contribution in [-0.2, 0) is 9.63 Å². The first kappa shape index (κ1) is 15.1. The Kier molecular flexibility index (Phi) is 4.89. The highest BCUT2D eigenvalue weighted by molar-refractivity contribution is 6.42. The van der Waals surface area contributed by atoms with Crippen LogP contribution in [0.4, 0.5) is 0 Å². The molecular weight excluding hydrogens is 299 g/mol. The maximum absolute atomic E-state index is 11.5. The van der Waals surface area contributed by atoms with Gasteiger partial charge in [-0.1, -0.05) is 41.3 Å². The first-order chi connectivity index (χ1) is 9.51. The second-order valence-electron chi connectivity index (χ2n) is 4.73. The average Bonchev–Trinajstić information content (AvgIpc) is 2.89. The molecule has 0 fully saturated rings. The number of hydrogen-bond donors (Lipinski definition) is 0. The standard InChI is InChI=1S/C14H16Cl2N2O2/c1-3-14(19)18(2)8-10-7-13(17-20-10)9-4-5-11(15)12(16)6-9/h4-6,10H,3,7-8H2,1-2H3. The van der Waals surface area contributed by atoms with Gasteiger partial charge in [0.25, 0.3) is 0 Å². The number of benzene rings is 1. The first-order valence-electron chi connectivity index (χ1n) is 6.43. The minimum atomic E-state index is -0.111. The Balaban J connectivity index is 1.98.